The molecule has 1 fully saturated rings. The lowest BCUT2D eigenvalue weighted by Crippen LogP contribution is -2.27. The van der Waals surface area contributed by atoms with Crippen LogP contribution in [0.4, 0.5) is 4.79 Å². The predicted octanol–water partition coefficient (Wildman–Crippen LogP) is 3.21. The Balaban J connectivity index is 0.000000298. The highest BCUT2D eigenvalue weighted by atomic mass is 16.5. The summed E-state index contributed by atoms with van der Waals surface area (Å²) in [7, 11) is 1.62. The highest BCUT2D eigenvalue weighted by molar-refractivity contribution is 5.67. The molecule has 0 bridgehead atoms. The molecule has 9 nitrogen and oxygen atoms in total. The van der Waals surface area contributed by atoms with E-state index in [1.807, 2.05) is 12.1 Å². The van der Waals surface area contributed by atoms with E-state index < -0.39 is 6.09 Å². The van der Waals surface area contributed by atoms with Gasteiger partial charge in [0.2, 0.25) is 0 Å². The van der Waals surface area contributed by atoms with Crippen LogP contribution >= 0.6 is 0 Å². The number of nitrogens with one attached hydrogen (secondary N) is 1. The van der Waals surface area contributed by atoms with Crippen molar-refractivity contribution in [1.29, 1.82) is 5.26 Å². The first-order valence-electron chi connectivity index (χ1n) is 9.21. The third-order valence-corrected chi connectivity index (χ3v) is 4.20. The summed E-state index contributed by atoms with van der Waals surface area (Å²) < 4.78 is 7.17. The van der Waals surface area contributed by atoms with Gasteiger partial charge in [-0.1, -0.05) is 0 Å². The first kappa shape index (κ1) is 20.1. The predicted molar refractivity (Wildman–Crippen MR) is 106 cm³/mol. The zero-order valence-corrected chi connectivity index (χ0v) is 16.5. The fourth-order valence-electron chi connectivity index (χ4n) is 2.74. The maximum absolute atomic E-state index is 9.70. The molecule has 1 aliphatic rings. The normalized spacial score (nSPS) is 12.8. The third-order valence-electron chi connectivity index (χ3n) is 4.20. The van der Waals surface area contributed by atoms with Crippen LogP contribution in [0.1, 0.15) is 44.0 Å². The molecule has 150 valence electrons. The highest BCUT2D eigenvalue weighted by Gasteiger charge is 2.29. The number of nitrogens with zero attached hydrogens (tertiary/aromatic N) is 5. The molecule has 2 N–H and O–H groups in total. The van der Waals surface area contributed by atoms with E-state index >= 15 is 0 Å². The molecule has 3 aromatic rings. The zero-order chi connectivity index (χ0) is 21.0. The monoisotopic (exact) mass is 394 g/mol. The van der Waals surface area contributed by atoms with Gasteiger partial charge in [-0.05, 0) is 44.9 Å². The molecule has 1 saturated carbocycles. The molecule has 29 heavy (non-hydrogen) atoms. The van der Waals surface area contributed by atoms with E-state index in [0.29, 0.717) is 22.9 Å². The number of fused-ring (bicyclic) bond motifs is 1. The molecular formula is C20H22N6O3. The number of methoxy groups -OCH3 is 1. The summed E-state index contributed by atoms with van der Waals surface area (Å²) in [6, 6.07) is 7.71. The van der Waals surface area contributed by atoms with Gasteiger partial charge in [0.1, 0.15) is 6.07 Å². The van der Waals surface area contributed by atoms with Crippen molar-refractivity contribution in [2.75, 3.05) is 7.11 Å². The summed E-state index contributed by atoms with van der Waals surface area (Å²) in [5.41, 5.74) is 2.90. The summed E-state index contributed by atoms with van der Waals surface area (Å²) >= 11 is 0. The minimum atomic E-state index is -0.963. The lowest BCUT2D eigenvalue weighted by Gasteiger charge is -2.07. The van der Waals surface area contributed by atoms with Gasteiger partial charge in [-0.15, -0.1) is 0 Å². The van der Waals surface area contributed by atoms with Gasteiger partial charge in [-0.3, -0.25) is 4.98 Å². The number of amides is 1. The Hall–Kier alpha value is -3.67. The molecule has 3 heterocycles. The minimum absolute atomic E-state index is 0.0255. The van der Waals surface area contributed by atoms with E-state index in [1.165, 1.54) is 0 Å². The van der Waals surface area contributed by atoms with Gasteiger partial charge in [0.25, 0.3) is 0 Å². The number of rotatable bonds is 4. The molecule has 1 amide bonds. The molecule has 0 unspecified atom stereocenters. The van der Waals surface area contributed by atoms with Gasteiger partial charge in [0, 0.05) is 29.9 Å². The molecule has 3 aromatic heterocycles. The van der Waals surface area contributed by atoms with Crippen LogP contribution in [0.5, 0.6) is 5.75 Å². The fraction of sp³-hybridized carbons (Fsp3) is 0.350. The highest BCUT2D eigenvalue weighted by Crippen LogP contribution is 2.39. The fourth-order valence-corrected chi connectivity index (χ4v) is 2.74. The maximum atomic E-state index is 9.70. The lowest BCUT2D eigenvalue weighted by atomic mass is 10.1. The van der Waals surface area contributed by atoms with E-state index in [9.17, 15) is 4.79 Å². The standard InChI is InChI=1S/C16H13N5O.C4H9NO2/c1-22-14-5-4-13(12-6-10(7-17)8-18-9-12)21-16(14)19-15(20-21)11-2-3-11;1-3(2)5-4(6)7/h4-6,8-9,11H,2-3H2,1H3;3,5H,1-2H3,(H,6,7). The summed E-state index contributed by atoms with van der Waals surface area (Å²) in [6.07, 6.45) is 4.58. The molecule has 0 spiro atoms. The molecule has 4 rings (SSSR count). The van der Waals surface area contributed by atoms with Crippen LogP contribution in [0.2, 0.25) is 0 Å². The Morgan fingerprint density at radius 1 is 1.38 bits per heavy atom. The van der Waals surface area contributed by atoms with Gasteiger partial charge in [-0.2, -0.15) is 10.4 Å². The van der Waals surface area contributed by atoms with Crippen LogP contribution in [0.3, 0.4) is 0 Å². The summed E-state index contributed by atoms with van der Waals surface area (Å²) in [4.78, 5) is 18.4. The van der Waals surface area contributed by atoms with Gasteiger partial charge in [0.05, 0.1) is 18.4 Å². The lowest BCUT2D eigenvalue weighted by molar-refractivity contribution is 0.191. The molecule has 0 radical (unpaired) electrons. The zero-order valence-electron chi connectivity index (χ0n) is 16.5. The molecule has 9 heteroatoms. The van der Waals surface area contributed by atoms with Crippen molar-refractivity contribution in [3.63, 3.8) is 0 Å². The summed E-state index contributed by atoms with van der Waals surface area (Å²) in [6.45, 7) is 3.54. The maximum Gasteiger partial charge on any atom is 0.404 e. The Kier molecular flexibility index (Phi) is 5.93. The second-order valence-corrected chi connectivity index (χ2v) is 6.94. The summed E-state index contributed by atoms with van der Waals surface area (Å²) in [5, 5.41) is 23.9. The van der Waals surface area contributed by atoms with Crippen LogP contribution in [-0.2, 0) is 0 Å². The third kappa shape index (κ3) is 4.79. The van der Waals surface area contributed by atoms with E-state index in [2.05, 4.69) is 26.5 Å². The number of pyridine rings is 2. The van der Waals surface area contributed by atoms with Crippen LogP contribution in [0.15, 0.2) is 30.6 Å². The average molecular weight is 394 g/mol. The molecule has 0 aromatic carbocycles. The number of nitriles is 1. The average Bonchev–Trinajstić information content (AvgIpc) is 3.45. The van der Waals surface area contributed by atoms with Crippen LogP contribution in [-0.4, -0.2) is 43.9 Å². The largest absolute Gasteiger partial charge is 0.493 e. The molecular weight excluding hydrogens is 372 g/mol. The van der Waals surface area contributed by atoms with E-state index in [4.69, 9.17) is 15.1 Å². The Labute approximate surface area is 168 Å². The minimum Gasteiger partial charge on any atom is -0.493 e. The molecule has 0 saturated heterocycles. The number of carbonyl (C=O) groups is 1. The van der Waals surface area contributed by atoms with Crippen molar-refractivity contribution in [3.05, 3.63) is 42.0 Å². The number of aromatic nitrogens is 4. The number of ether oxygens (including phenoxy) is 1. The van der Waals surface area contributed by atoms with Crippen molar-refractivity contribution >= 4 is 11.7 Å². The van der Waals surface area contributed by atoms with E-state index in [0.717, 1.165) is 29.9 Å². The van der Waals surface area contributed by atoms with Crippen molar-refractivity contribution in [2.45, 2.75) is 38.6 Å². The van der Waals surface area contributed by atoms with E-state index in [-0.39, 0.29) is 6.04 Å². The second-order valence-electron chi connectivity index (χ2n) is 6.94. The Bertz CT molecular complexity index is 1070. The van der Waals surface area contributed by atoms with E-state index in [1.54, 1.807) is 43.9 Å². The number of hydrogen-bond donors (Lipinski definition) is 2. The van der Waals surface area contributed by atoms with Gasteiger partial charge in [0.15, 0.2) is 17.2 Å². The van der Waals surface area contributed by atoms with Crippen LogP contribution < -0.4 is 10.1 Å². The summed E-state index contributed by atoms with van der Waals surface area (Å²) in [5.74, 6) is 2.00. The van der Waals surface area contributed by atoms with Gasteiger partial charge >= 0.3 is 6.09 Å². The van der Waals surface area contributed by atoms with Crippen LogP contribution in [0.25, 0.3) is 16.9 Å². The SMILES string of the molecule is CC(C)NC(=O)O.COc1ccc(-c2cncc(C#N)c2)n2nc(C3CC3)nc12. The van der Waals surface area contributed by atoms with Crippen molar-refractivity contribution in [3.8, 4) is 23.1 Å². The first-order valence-corrected chi connectivity index (χ1v) is 9.21. The Morgan fingerprint density at radius 3 is 2.69 bits per heavy atom. The van der Waals surface area contributed by atoms with Gasteiger partial charge < -0.3 is 15.2 Å². The quantitative estimate of drug-likeness (QED) is 0.696. The van der Waals surface area contributed by atoms with Crippen LogP contribution in [0, 0.1) is 11.3 Å². The second kappa shape index (κ2) is 8.56. The number of carboxylic acid groups (broad SMARTS) is 1. The molecule has 0 aliphatic heterocycles. The smallest absolute Gasteiger partial charge is 0.404 e. The number of hydrogen-bond acceptors (Lipinski definition) is 6. The molecule has 0 atom stereocenters. The van der Waals surface area contributed by atoms with Crippen molar-refractivity contribution < 1.29 is 14.6 Å². The molecule has 1 aliphatic carbocycles. The van der Waals surface area contributed by atoms with Crippen molar-refractivity contribution in [2.24, 2.45) is 0 Å². The van der Waals surface area contributed by atoms with Crippen molar-refractivity contribution in [1.82, 2.24) is 24.9 Å². The van der Waals surface area contributed by atoms with Gasteiger partial charge in [-0.25, -0.2) is 14.3 Å². The Morgan fingerprint density at radius 2 is 2.14 bits per heavy atom. The first-order chi connectivity index (χ1) is 13.9. The topological polar surface area (TPSA) is 125 Å².